The Morgan fingerprint density at radius 2 is 1.83 bits per heavy atom. The standard InChI is InChI=1S/C33H47N3O6/c1-7-11-12-19-34(17-8-2)31(40)28-33-22-23(5)32(6,42-33)26(27(33)30(39)36(28)20-21-37)29(38)35(18-9-3)24-13-15-25(16-14-24)41-10-4/h8-9,13-16,23,26-28,37H,2-3,7,10-12,17-22H2,1,4-6H3/t23?,26-,27-,28?,32+,33?/m0/s1. The summed E-state index contributed by atoms with van der Waals surface area (Å²) in [5.41, 5.74) is -1.45. The van der Waals surface area contributed by atoms with E-state index in [9.17, 15) is 19.5 Å². The van der Waals surface area contributed by atoms with Gasteiger partial charge in [0.25, 0.3) is 0 Å². The fourth-order valence-electron chi connectivity index (χ4n) is 7.42. The molecule has 2 bridgehead atoms. The van der Waals surface area contributed by atoms with Crippen LogP contribution in [0.4, 0.5) is 5.69 Å². The van der Waals surface area contributed by atoms with Crippen LogP contribution in [-0.2, 0) is 19.1 Å². The van der Waals surface area contributed by atoms with Crippen LogP contribution in [0.3, 0.4) is 0 Å². The molecular weight excluding hydrogens is 534 g/mol. The fourth-order valence-corrected chi connectivity index (χ4v) is 7.42. The predicted molar refractivity (Wildman–Crippen MR) is 162 cm³/mol. The summed E-state index contributed by atoms with van der Waals surface area (Å²) in [6.07, 6.45) is 6.66. The van der Waals surface area contributed by atoms with Crippen LogP contribution in [0.25, 0.3) is 0 Å². The molecule has 1 aromatic carbocycles. The van der Waals surface area contributed by atoms with Crippen LogP contribution in [-0.4, -0.2) is 89.3 Å². The summed E-state index contributed by atoms with van der Waals surface area (Å²) in [6, 6.07) is 6.36. The molecule has 3 saturated heterocycles. The number of fused-ring (bicyclic) bond motifs is 1. The Labute approximate surface area is 250 Å². The maximum Gasteiger partial charge on any atom is 0.248 e. The van der Waals surface area contributed by atoms with Gasteiger partial charge < -0.3 is 29.3 Å². The van der Waals surface area contributed by atoms with Gasteiger partial charge in [0.1, 0.15) is 17.4 Å². The lowest BCUT2D eigenvalue weighted by Gasteiger charge is -2.39. The minimum Gasteiger partial charge on any atom is -0.494 e. The smallest absolute Gasteiger partial charge is 0.248 e. The molecule has 0 aromatic heterocycles. The van der Waals surface area contributed by atoms with E-state index in [-0.39, 0.29) is 43.3 Å². The number of ether oxygens (including phenoxy) is 2. The molecule has 3 aliphatic heterocycles. The van der Waals surface area contributed by atoms with Gasteiger partial charge in [-0.3, -0.25) is 14.4 Å². The van der Waals surface area contributed by atoms with Crippen LogP contribution < -0.4 is 9.64 Å². The van der Waals surface area contributed by atoms with Gasteiger partial charge in [-0.05, 0) is 56.9 Å². The lowest BCUT2D eigenvalue weighted by Crippen LogP contribution is -2.57. The van der Waals surface area contributed by atoms with Crippen LogP contribution in [0.2, 0.25) is 0 Å². The Bertz CT molecular complexity index is 1170. The molecule has 3 heterocycles. The molecule has 0 saturated carbocycles. The van der Waals surface area contributed by atoms with Gasteiger partial charge in [0.2, 0.25) is 17.7 Å². The first-order valence-electron chi connectivity index (χ1n) is 15.3. The molecular formula is C33H47N3O6. The van der Waals surface area contributed by atoms with Crippen molar-refractivity contribution in [3.8, 4) is 5.75 Å². The first kappa shape index (κ1) is 31.8. The number of carbonyl (C=O) groups is 3. The average Bonchev–Trinajstić information content (AvgIpc) is 3.48. The molecule has 6 atom stereocenters. The predicted octanol–water partition coefficient (Wildman–Crippen LogP) is 3.81. The Kier molecular flexibility index (Phi) is 9.83. The second-order valence-electron chi connectivity index (χ2n) is 11.9. The van der Waals surface area contributed by atoms with Gasteiger partial charge >= 0.3 is 0 Å². The van der Waals surface area contributed by atoms with Crippen molar-refractivity contribution >= 4 is 23.4 Å². The number of likely N-dealkylation sites (tertiary alicyclic amines) is 1. The van der Waals surface area contributed by atoms with E-state index in [1.54, 1.807) is 22.0 Å². The largest absolute Gasteiger partial charge is 0.494 e. The maximum absolute atomic E-state index is 14.6. The molecule has 9 nitrogen and oxygen atoms in total. The van der Waals surface area contributed by atoms with Gasteiger partial charge in [0, 0.05) is 31.9 Å². The number of unbranched alkanes of at least 4 members (excludes halogenated alkanes) is 2. The third kappa shape index (κ3) is 5.26. The molecule has 1 spiro atoms. The normalized spacial score (nSPS) is 29.4. The number of amides is 3. The molecule has 3 amide bonds. The van der Waals surface area contributed by atoms with Crippen molar-refractivity contribution in [2.75, 3.05) is 44.3 Å². The van der Waals surface area contributed by atoms with Crippen LogP contribution in [0, 0.1) is 17.8 Å². The number of aliphatic hydroxyl groups is 1. The number of carbonyl (C=O) groups excluding carboxylic acids is 3. The highest BCUT2D eigenvalue weighted by Gasteiger charge is 2.80. The number of aliphatic hydroxyl groups excluding tert-OH is 1. The highest BCUT2D eigenvalue weighted by Crippen LogP contribution is 2.65. The Morgan fingerprint density at radius 3 is 2.43 bits per heavy atom. The van der Waals surface area contributed by atoms with Gasteiger partial charge in [0.05, 0.1) is 30.7 Å². The molecule has 1 N–H and O–H groups in total. The van der Waals surface area contributed by atoms with E-state index in [2.05, 4.69) is 20.1 Å². The molecule has 4 rings (SSSR count). The number of nitrogens with zero attached hydrogens (tertiary/aromatic N) is 3. The maximum atomic E-state index is 14.6. The van der Waals surface area contributed by atoms with E-state index >= 15 is 0 Å². The number of hydrogen-bond donors (Lipinski definition) is 1. The van der Waals surface area contributed by atoms with Gasteiger partial charge in [-0.1, -0.05) is 38.8 Å². The topological polar surface area (TPSA) is 99.6 Å². The van der Waals surface area contributed by atoms with Crippen molar-refractivity contribution in [2.24, 2.45) is 17.8 Å². The first-order valence-corrected chi connectivity index (χ1v) is 15.3. The molecule has 3 unspecified atom stereocenters. The summed E-state index contributed by atoms with van der Waals surface area (Å²) in [5.74, 6) is -1.81. The summed E-state index contributed by atoms with van der Waals surface area (Å²) < 4.78 is 12.4. The molecule has 230 valence electrons. The number of anilines is 1. The second-order valence-corrected chi connectivity index (χ2v) is 11.9. The lowest BCUT2D eigenvalue weighted by atomic mass is 9.62. The molecule has 0 aliphatic carbocycles. The number of rotatable bonds is 15. The highest BCUT2D eigenvalue weighted by molar-refractivity contribution is 6.03. The third-order valence-electron chi connectivity index (χ3n) is 9.39. The zero-order chi connectivity index (χ0) is 30.7. The second kappa shape index (κ2) is 13.0. The summed E-state index contributed by atoms with van der Waals surface area (Å²) in [6.45, 7) is 17.0. The van der Waals surface area contributed by atoms with Gasteiger partial charge in [-0.15, -0.1) is 13.2 Å². The van der Waals surface area contributed by atoms with E-state index in [4.69, 9.17) is 9.47 Å². The minimum absolute atomic E-state index is 0.00495. The molecule has 3 aliphatic rings. The summed E-state index contributed by atoms with van der Waals surface area (Å²) >= 11 is 0. The zero-order valence-corrected chi connectivity index (χ0v) is 25.6. The highest BCUT2D eigenvalue weighted by atomic mass is 16.5. The van der Waals surface area contributed by atoms with E-state index < -0.39 is 29.1 Å². The number of benzene rings is 1. The number of β-amino-alcohol motifs (C(OH)–C–C–N with tert-alkyl or cyclic N) is 1. The SMILES string of the molecule is C=CCN(CCCCC)C(=O)C1N(CCO)C(=O)[C@@H]2[C@@H](C(=O)N(CC=C)c3ccc(OCC)cc3)[C@]3(C)OC12CC3C. The van der Waals surface area contributed by atoms with E-state index in [0.717, 1.165) is 19.3 Å². The molecule has 1 aromatic rings. The Morgan fingerprint density at radius 1 is 1.14 bits per heavy atom. The van der Waals surface area contributed by atoms with Gasteiger partial charge in [0.15, 0.2) is 0 Å². The van der Waals surface area contributed by atoms with E-state index in [1.165, 1.54) is 4.90 Å². The van der Waals surface area contributed by atoms with Crippen molar-refractivity contribution < 1.29 is 29.0 Å². The Hall–Kier alpha value is -3.17. The van der Waals surface area contributed by atoms with Crippen molar-refractivity contribution in [2.45, 2.75) is 70.6 Å². The molecule has 0 radical (unpaired) electrons. The van der Waals surface area contributed by atoms with Gasteiger partial charge in [-0.25, -0.2) is 0 Å². The lowest BCUT2D eigenvalue weighted by molar-refractivity contribution is -0.152. The van der Waals surface area contributed by atoms with Gasteiger partial charge in [-0.2, -0.15) is 0 Å². The van der Waals surface area contributed by atoms with Crippen LogP contribution >= 0.6 is 0 Å². The van der Waals surface area contributed by atoms with Crippen molar-refractivity contribution in [1.82, 2.24) is 9.80 Å². The zero-order valence-electron chi connectivity index (χ0n) is 25.6. The monoisotopic (exact) mass is 581 g/mol. The quantitative estimate of drug-likeness (QED) is 0.250. The van der Waals surface area contributed by atoms with Crippen molar-refractivity contribution in [3.05, 3.63) is 49.6 Å². The third-order valence-corrected chi connectivity index (χ3v) is 9.39. The summed E-state index contributed by atoms with van der Waals surface area (Å²) in [7, 11) is 0. The van der Waals surface area contributed by atoms with E-state index in [0.29, 0.717) is 37.6 Å². The van der Waals surface area contributed by atoms with Crippen molar-refractivity contribution in [3.63, 3.8) is 0 Å². The fraction of sp³-hybridized carbons (Fsp3) is 0.606. The van der Waals surface area contributed by atoms with E-state index in [1.807, 2.05) is 45.0 Å². The van der Waals surface area contributed by atoms with Crippen LogP contribution in [0.15, 0.2) is 49.6 Å². The number of hydrogen-bond acceptors (Lipinski definition) is 6. The minimum atomic E-state index is -1.17. The Balaban J connectivity index is 1.75. The van der Waals surface area contributed by atoms with Crippen LogP contribution in [0.5, 0.6) is 5.75 Å². The average molecular weight is 582 g/mol. The summed E-state index contributed by atoms with van der Waals surface area (Å²) in [5, 5.41) is 9.96. The van der Waals surface area contributed by atoms with Crippen LogP contribution in [0.1, 0.15) is 53.4 Å². The molecule has 42 heavy (non-hydrogen) atoms. The summed E-state index contributed by atoms with van der Waals surface area (Å²) in [4.78, 5) is 48.0. The first-order chi connectivity index (χ1) is 20.1. The molecule has 3 fully saturated rings. The van der Waals surface area contributed by atoms with Crippen molar-refractivity contribution in [1.29, 1.82) is 0 Å². The molecule has 9 heteroatoms.